The van der Waals surface area contributed by atoms with Crippen LogP contribution in [-0.4, -0.2) is 6.61 Å². The van der Waals surface area contributed by atoms with Gasteiger partial charge in [0.1, 0.15) is 17.5 Å². The maximum Gasteiger partial charge on any atom is 0.387 e. The maximum atomic E-state index is 15.3. The van der Waals surface area contributed by atoms with E-state index in [1.807, 2.05) is 0 Å². The fraction of sp³-hybridized carbons (Fsp3) is 0.290. The normalized spacial score (nSPS) is 11.5. The minimum atomic E-state index is -3.38. The second kappa shape index (κ2) is 12.5. The lowest BCUT2D eigenvalue weighted by Crippen LogP contribution is -2.06. The van der Waals surface area contributed by atoms with Crippen LogP contribution in [0.4, 0.5) is 30.7 Å². The first-order valence-corrected chi connectivity index (χ1v) is 12.8. The highest BCUT2D eigenvalue weighted by Crippen LogP contribution is 2.32. The summed E-state index contributed by atoms with van der Waals surface area (Å²) in [6.45, 7) is -1.28. The van der Waals surface area contributed by atoms with Crippen LogP contribution in [0.2, 0.25) is 0 Å². The molecule has 0 unspecified atom stereocenters. The lowest BCUT2D eigenvalue weighted by atomic mass is 9.95. The Labute approximate surface area is 222 Å². The summed E-state index contributed by atoms with van der Waals surface area (Å²) in [6.07, 6.45) is 4.68. The van der Waals surface area contributed by atoms with Gasteiger partial charge < -0.3 is 4.74 Å². The number of ether oxygens (including phenoxy) is 1. The summed E-state index contributed by atoms with van der Waals surface area (Å²) in [6, 6.07) is 11.9. The van der Waals surface area contributed by atoms with Crippen LogP contribution in [0.15, 0.2) is 54.6 Å². The third-order valence-electron chi connectivity index (χ3n) is 6.69. The van der Waals surface area contributed by atoms with Crippen LogP contribution in [-0.2, 0) is 19.3 Å². The van der Waals surface area contributed by atoms with Crippen LogP contribution in [0.3, 0.4) is 0 Å². The molecule has 0 radical (unpaired) electrons. The summed E-state index contributed by atoms with van der Waals surface area (Å²) in [5.41, 5.74) is 1.09. The molecule has 0 aromatic heterocycles. The molecule has 0 saturated carbocycles. The fourth-order valence-corrected chi connectivity index (χ4v) is 4.72. The molecule has 4 aromatic carbocycles. The molecule has 0 saturated heterocycles. The van der Waals surface area contributed by atoms with E-state index < -0.39 is 41.4 Å². The highest BCUT2D eigenvalue weighted by molar-refractivity contribution is 5.88. The van der Waals surface area contributed by atoms with Crippen molar-refractivity contribution in [1.29, 1.82) is 0 Å². The number of unbranched alkanes of at least 4 members (excludes halogenated alkanes) is 3. The van der Waals surface area contributed by atoms with Crippen molar-refractivity contribution in [2.24, 2.45) is 0 Å². The molecule has 0 fully saturated rings. The van der Waals surface area contributed by atoms with E-state index >= 15 is 4.39 Å². The molecular formula is C31H27F7O. The number of alkyl halides is 2. The number of hydrogen-bond donors (Lipinski definition) is 0. The number of fused-ring (bicyclic) bond motifs is 1. The predicted molar refractivity (Wildman–Crippen MR) is 138 cm³/mol. The Morgan fingerprint density at radius 2 is 1.31 bits per heavy atom. The van der Waals surface area contributed by atoms with E-state index in [0.717, 1.165) is 37.8 Å². The lowest BCUT2D eigenvalue weighted by Gasteiger charge is -2.12. The predicted octanol–water partition coefficient (Wildman–Crippen LogP) is 9.71. The van der Waals surface area contributed by atoms with Crippen molar-refractivity contribution in [3.63, 3.8) is 0 Å². The molecule has 4 aromatic rings. The zero-order valence-corrected chi connectivity index (χ0v) is 21.3. The second-order valence-electron chi connectivity index (χ2n) is 9.49. The molecule has 39 heavy (non-hydrogen) atoms. The van der Waals surface area contributed by atoms with Crippen molar-refractivity contribution < 1.29 is 35.5 Å². The van der Waals surface area contributed by atoms with Crippen molar-refractivity contribution in [2.45, 2.75) is 58.5 Å². The van der Waals surface area contributed by atoms with Crippen molar-refractivity contribution >= 4 is 10.8 Å². The number of aryl methyl sites for hydroxylation is 3. The fourth-order valence-electron chi connectivity index (χ4n) is 4.72. The first kappa shape index (κ1) is 28.5. The van der Waals surface area contributed by atoms with Crippen molar-refractivity contribution in [3.8, 4) is 16.9 Å². The highest BCUT2D eigenvalue weighted by atomic mass is 19.3. The third kappa shape index (κ3) is 6.72. The van der Waals surface area contributed by atoms with Gasteiger partial charge in [-0.15, -0.1) is 0 Å². The molecule has 0 amide bonds. The zero-order valence-electron chi connectivity index (χ0n) is 21.3. The Morgan fingerprint density at radius 1 is 0.667 bits per heavy atom. The Bertz CT molecular complexity index is 1420. The second-order valence-corrected chi connectivity index (χ2v) is 9.49. The van der Waals surface area contributed by atoms with Crippen LogP contribution in [0, 0.1) is 29.1 Å². The average molecular weight is 549 g/mol. The van der Waals surface area contributed by atoms with E-state index in [1.165, 1.54) is 36.4 Å². The summed E-state index contributed by atoms with van der Waals surface area (Å²) in [7, 11) is 0. The summed E-state index contributed by atoms with van der Waals surface area (Å²) in [4.78, 5) is 0. The number of halogens is 7. The molecule has 0 aliphatic carbocycles. The van der Waals surface area contributed by atoms with Crippen molar-refractivity contribution in [1.82, 2.24) is 0 Å². The van der Waals surface area contributed by atoms with Crippen LogP contribution in [0.25, 0.3) is 21.9 Å². The average Bonchev–Trinajstić information content (AvgIpc) is 2.88. The summed E-state index contributed by atoms with van der Waals surface area (Å²) >= 11 is 0. The monoisotopic (exact) mass is 548 g/mol. The van der Waals surface area contributed by atoms with Gasteiger partial charge in [0.05, 0.1) is 5.56 Å². The van der Waals surface area contributed by atoms with Crippen molar-refractivity contribution in [3.05, 3.63) is 100 Å². The molecule has 0 N–H and O–H groups in total. The zero-order chi connectivity index (χ0) is 28.1. The van der Waals surface area contributed by atoms with Gasteiger partial charge >= 0.3 is 6.61 Å². The molecular weight excluding hydrogens is 521 g/mol. The van der Waals surface area contributed by atoms with Gasteiger partial charge in [-0.2, -0.15) is 8.78 Å². The molecule has 206 valence electrons. The molecule has 0 aliphatic rings. The van der Waals surface area contributed by atoms with Gasteiger partial charge in [0.25, 0.3) is 0 Å². The summed E-state index contributed by atoms with van der Waals surface area (Å²) in [5, 5.41) is 0.657. The van der Waals surface area contributed by atoms with Gasteiger partial charge in [0, 0.05) is 5.39 Å². The molecule has 0 bridgehead atoms. The SMILES string of the molecule is CCCCCCc1cc(F)c(-c2ccc3c(F)c(CCc4cc(F)c(OC(F)F)c(F)c4)ccc3c2)c(F)c1. The first-order chi connectivity index (χ1) is 18.7. The van der Waals surface area contributed by atoms with Gasteiger partial charge in [-0.3, -0.25) is 0 Å². The minimum Gasteiger partial charge on any atom is -0.429 e. The van der Waals surface area contributed by atoms with Gasteiger partial charge in [-0.05, 0) is 83.7 Å². The van der Waals surface area contributed by atoms with E-state index in [0.29, 0.717) is 17.4 Å². The van der Waals surface area contributed by atoms with Crippen LogP contribution < -0.4 is 4.74 Å². The Balaban J connectivity index is 1.53. The topological polar surface area (TPSA) is 9.23 Å². The Hall–Kier alpha value is -3.55. The third-order valence-corrected chi connectivity index (χ3v) is 6.69. The Kier molecular flexibility index (Phi) is 9.15. The van der Waals surface area contributed by atoms with E-state index in [1.54, 1.807) is 6.07 Å². The van der Waals surface area contributed by atoms with Crippen LogP contribution >= 0.6 is 0 Å². The number of rotatable bonds is 11. The van der Waals surface area contributed by atoms with E-state index in [-0.39, 0.29) is 40.5 Å². The molecule has 0 atom stereocenters. The van der Waals surface area contributed by atoms with E-state index in [9.17, 15) is 26.3 Å². The molecule has 4 rings (SSSR count). The van der Waals surface area contributed by atoms with Crippen LogP contribution in [0.5, 0.6) is 5.75 Å². The van der Waals surface area contributed by atoms with E-state index in [2.05, 4.69) is 11.7 Å². The molecule has 0 aliphatic heterocycles. The van der Waals surface area contributed by atoms with Crippen LogP contribution in [0.1, 0.15) is 49.3 Å². The van der Waals surface area contributed by atoms with Crippen molar-refractivity contribution in [2.75, 3.05) is 0 Å². The first-order valence-electron chi connectivity index (χ1n) is 12.8. The minimum absolute atomic E-state index is 0.0323. The quantitative estimate of drug-likeness (QED) is 0.134. The maximum absolute atomic E-state index is 15.3. The molecule has 0 spiro atoms. The smallest absolute Gasteiger partial charge is 0.387 e. The number of benzene rings is 4. The Morgan fingerprint density at radius 3 is 1.95 bits per heavy atom. The molecule has 8 heteroatoms. The largest absolute Gasteiger partial charge is 0.429 e. The lowest BCUT2D eigenvalue weighted by molar-refractivity contribution is -0.0546. The van der Waals surface area contributed by atoms with E-state index in [4.69, 9.17) is 0 Å². The standard InChI is InChI=1S/C31H27F7O/c1-2-3-4-5-6-18-13-24(32)28(25(33)14-18)22-11-12-23-21(17-22)10-9-20(29(23)36)8-7-19-15-26(34)30(27(35)16-19)39-31(37)38/h9-17,31H,2-8H2,1H3. The summed E-state index contributed by atoms with van der Waals surface area (Å²) < 4.78 is 102. The highest BCUT2D eigenvalue weighted by Gasteiger charge is 2.18. The van der Waals surface area contributed by atoms with Gasteiger partial charge in [-0.25, -0.2) is 22.0 Å². The molecule has 1 nitrogen and oxygen atoms in total. The van der Waals surface area contributed by atoms with Gasteiger partial charge in [-0.1, -0.05) is 50.5 Å². The summed E-state index contributed by atoms with van der Waals surface area (Å²) in [5.74, 6) is -5.65. The number of hydrogen-bond acceptors (Lipinski definition) is 1. The van der Waals surface area contributed by atoms with Gasteiger partial charge in [0.2, 0.25) is 0 Å². The van der Waals surface area contributed by atoms with Gasteiger partial charge in [0.15, 0.2) is 17.4 Å². The molecule has 0 heterocycles.